The molecule has 2 aliphatic heterocycles. The molecule has 1 aromatic rings. The number of nitrogens with zero attached hydrogens (tertiary/aromatic N) is 4. The molecule has 0 aromatic heterocycles. The van der Waals surface area contributed by atoms with E-state index in [0.29, 0.717) is 19.6 Å². The minimum Gasteiger partial charge on any atom is -0.369 e. The molecule has 168 valence electrons. The van der Waals surface area contributed by atoms with E-state index in [1.807, 2.05) is 19.1 Å². The third-order valence-corrected chi connectivity index (χ3v) is 8.45. The number of halogens is 1. The molecule has 0 bridgehead atoms. The zero-order chi connectivity index (χ0) is 21.8. The molecule has 30 heavy (non-hydrogen) atoms. The van der Waals surface area contributed by atoms with Crippen molar-refractivity contribution in [1.82, 2.24) is 15.1 Å². The molecule has 0 amide bonds. The second-order valence-corrected chi connectivity index (χ2v) is 11.3. The maximum Gasteiger partial charge on any atom is 0.194 e. The van der Waals surface area contributed by atoms with E-state index in [-0.39, 0.29) is 11.6 Å². The van der Waals surface area contributed by atoms with Gasteiger partial charge in [0.2, 0.25) is 0 Å². The molecule has 9 heteroatoms. The number of rotatable bonds is 5. The quantitative estimate of drug-likeness (QED) is 0.553. The van der Waals surface area contributed by atoms with E-state index >= 15 is 0 Å². The van der Waals surface area contributed by atoms with Crippen LogP contribution in [0.5, 0.6) is 0 Å². The Bertz CT molecular complexity index is 833. The Morgan fingerprint density at radius 1 is 1.13 bits per heavy atom. The zero-order valence-electron chi connectivity index (χ0n) is 18.3. The van der Waals surface area contributed by atoms with Crippen LogP contribution in [0.4, 0.5) is 10.1 Å². The van der Waals surface area contributed by atoms with Crippen LogP contribution in [-0.4, -0.2) is 93.6 Å². The van der Waals surface area contributed by atoms with Crippen LogP contribution in [0.3, 0.4) is 0 Å². The smallest absolute Gasteiger partial charge is 0.194 e. The lowest BCUT2D eigenvalue weighted by Crippen LogP contribution is -2.57. The first-order valence-corrected chi connectivity index (χ1v) is 12.4. The van der Waals surface area contributed by atoms with Crippen molar-refractivity contribution in [3.8, 4) is 0 Å². The van der Waals surface area contributed by atoms with Crippen molar-refractivity contribution >= 4 is 21.5 Å². The lowest BCUT2D eigenvalue weighted by atomic mass is 10.2. The van der Waals surface area contributed by atoms with Gasteiger partial charge in [-0.1, -0.05) is 0 Å². The van der Waals surface area contributed by atoms with Crippen LogP contribution in [0, 0.1) is 5.82 Å². The van der Waals surface area contributed by atoms with Crippen molar-refractivity contribution in [2.45, 2.75) is 25.5 Å². The SMILES string of the molecule is CCNC(=NCCN1CCN(c2ccc(F)cc2)CC1)N1CCS(=O)(=O)C(C)(C)C1. The third kappa shape index (κ3) is 5.43. The maximum atomic E-state index is 13.1. The molecule has 7 nitrogen and oxygen atoms in total. The van der Waals surface area contributed by atoms with Crippen LogP contribution in [0.15, 0.2) is 29.3 Å². The number of benzene rings is 1. The van der Waals surface area contributed by atoms with Crippen LogP contribution < -0.4 is 10.2 Å². The Morgan fingerprint density at radius 3 is 2.40 bits per heavy atom. The standard InChI is InChI=1S/C21H34FN5O2S/c1-4-23-20(27-15-16-30(28,29)21(2,3)17-27)24-9-10-25-11-13-26(14-12-25)19-7-5-18(22)6-8-19/h5-8H,4,9-17H2,1-3H3,(H,23,24). The van der Waals surface area contributed by atoms with Crippen molar-refractivity contribution in [2.75, 3.05) is 69.6 Å². The third-order valence-electron chi connectivity index (χ3n) is 5.92. The molecule has 3 rings (SSSR count). The molecular weight excluding hydrogens is 405 g/mol. The topological polar surface area (TPSA) is 68.2 Å². The minimum atomic E-state index is -3.07. The van der Waals surface area contributed by atoms with Gasteiger partial charge in [0.25, 0.3) is 0 Å². The van der Waals surface area contributed by atoms with Crippen molar-refractivity contribution < 1.29 is 12.8 Å². The Balaban J connectivity index is 1.51. The number of piperazine rings is 1. The Morgan fingerprint density at radius 2 is 1.80 bits per heavy atom. The predicted molar refractivity (Wildman–Crippen MR) is 120 cm³/mol. The summed E-state index contributed by atoms with van der Waals surface area (Å²) in [6, 6.07) is 6.67. The van der Waals surface area contributed by atoms with Gasteiger partial charge in [-0.05, 0) is 45.0 Å². The molecule has 2 aliphatic rings. The van der Waals surface area contributed by atoms with Gasteiger partial charge in [0.1, 0.15) is 5.82 Å². The predicted octanol–water partition coefficient (Wildman–Crippen LogP) is 1.42. The number of sulfone groups is 1. The van der Waals surface area contributed by atoms with Crippen LogP contribution in [0.25, 0.3) is 0 Å². The van der Waals surface area contributed by atoms with Crippen molar-refractivity contribution in [1.29, 1.82) is 0 Å². The van der Waals surface area contributed by atoms with Crippen LogP contribution in [0.2, 0.25) is 0 Å². The normalized spacial score (nSPS) is 22.2. The first-order valence-electron chi connectivity index (χ1n) is 10.7. The number of guanidine groups is 1. The fourth-order valence-electron chi connectivity index (χ4n) is 3.93. The van der Waals surface area contributed by atoms with Gasteiger partial charge >= 0.3 is 0 Å². The van der Waals surface area contributed by atoms with E-state index in [4.69, 9.17) is 4.99 Å². The number of anilines is 1. The summed E-state index contributed by atoms with van der Waals surface area (Å²) >= 11 is 0. The summed E-state index contributed by atoms with van der Waals surface area (Å²) < 4.78 is 36.9. The second-order valence-electron chi connectivity index (χ2n) is 8.54. The lowest BCUT2D eigenvalue weighted by Gasteiger charge is -2.39. The second kappa shape index (κ2) is 9.51. The average molecular weight is 440 g/mol. The van der Waals surface area contributed by atoms with Crippen LogP contribution in [0.1, 0.15) is 20.8 Å². The summed E-state index contributed by atoms with van der Waals surface area (Å²) in [5, 5.41) is 3.31. The number of nitrogens with one attached hydrogen (secondary N) is 1. The summed E-state index contributed by atoms with van der Waals surface area (Å²) in [6.45, 7) is 12.5. The molecule has 0 spiro atoms. The first-order chi connectivity index (χ1) is 14.2. The molecule has 0 radical (unpaired) electrons. The Kier molecular flexibility index (Phi) is 7.23. The van der Waals surface area contributed by atoms with Gasteiger partial charge in [-0.3, -0.25) is 9.89 Å². The Labute approximate surface area is 179 Å². The molecule has 1 N–H and O–H groups in total. The zero-order valence-corrected chi connectivity index (χ0v) is 19.1. The monoisotopic (exact) mass is 439 g/mol. The molecule has 0 atom stereocenters. The Hall–Kier alpha value is -1.87. The molecule has 2 saturated heterocycles. The molecule has 0 aliphatic carbocycles. The van der Waals surface area contributed by atoms with Gasteiger partial charge < -0.3 is 15.1 Å². The summed E-state index contributed by atoms with van der Waals surface area (Å²) in [5.41, 5.74) is 1.06. The summed E-state index contributed by atoms with van der Waals surface area (Å²) in [6.07, 6.45) is 0. The maximum absolute atomic E-state index is 13.1. The highest BCUT2D eigenvalue weighted by atomic mass is 32.2. The molecular formula is C21H34FN5O2S. The minimum absolute atomic E-state index is 0.162. The van der Waals surface area contributed by atoms with Gasteiger partial charge in [-0.15, -0.1) is 0 Å². The highest BCUT2D eigenvalue weighted by Crippen LogP contribution is 2.23. The van der Waals surface area contributed by atoms with Crippen LogP contribution in [-0.2, 0) is 9.84 Å². The molecule has 0 saturated carbocycles. The highest BCUT2D eigenvalue weighted by Gasteiger charge is 2.40. The van der Waals surface area contributed by atoms with Crippen LogP contribution >= 0.6 is 0 Å². The van der Waals surface area contributed by atoms with Crippen molar-refractivity contribution in [3.63, 3.8) is 0 Å². The van der Waals surface area contributed by atoms with E-state index in [9.17, 15) is 12.8 Å². The van der Waals surface area contributed by atoms with Gasteiger partial charge in [0.15, 0.2) is 15.8 Å². The van der Waals surface area contributed by atoms with Gasteiger partial charge in [-0.25, -0.2) is 12.8 Å². The number of hydrogen-bond acceptors (Lipinski definition) is 5. The summed E-state index contributed by atoms with van der Waals surface area (Å²) in [5.74, 6) is 0.752. The summed E-state index contributed by atoms with van der Waals surface area (Å²) in [4.78, 5) is 11.5. The fraction of sp³-hybridized carbons (Fsp3) is 0.667. The average Bonchev–Trinajstić information content (AvgIpc) is 2.71. The fourth-order valence-corrected chi connectivity index (χ4v) is 5.30. The van der Waals surface area contributed by atoms with Crippen molar-refractivity contribution in [2.24, 2.45) is 4.99 Å². The number of hydrogen-bond donors (Lipinski definition) is 1. The summed E-state index contributed by atoms with van der Waals surface area (Å²) in [7, 11) is -3.07. The lowest BCUT2D eigenvalue weighted by molar-refractivity contribution is 0.264. The highest BCUT2D eigenvalue weighted by molar-refractivity contribution is 7.92. The number of aliphatic imine (C=N–C) groups is 1. The van der Waals surface area contributed by atoms with E-state index in [0.717, 1.165) is 50.9 Å². The molecule has 2 heterocycles. The van der Waals surface area contributed by atoms with E-state index in [1.165, 1.54) is 12.1 Å². The van der Waals surface area contributed by atoms with Crippen molar-refractivity contribution in [3.05, 3.63) is 30.1 Å². The first kappa shape index (κ1) is 22.8. The van der Waals surface area contributed by atoms with Gasteiger partial charge in [0, 0.05) is 58.0 Å². The van der Waals surface area contributed by atoms with E-state index in [2.05, 4.69) is 20.0 Å². The van der Waals surface area contributed by atoms with Gasteiger partial charge in [-0.2, -0.15) is 0 Å². The van der Waals surface area contributed by atoms with E-state index < -0.39 is 14.6 Å². The molecule has 1 aromatic carbocycles. The molecule has 2 fully saturated rings. The van der Waals surface area contributed by atoms with E-state index in [1.54, 1.807) is 13.8 Å². The largest absolute Gasteiger partial charge is 0.369 e. The van der Waals surface area contributed by atoms with Gasteiger partial charge in [0.05, 0.1) is 17.0 Å². The molecule has 0 unspecified atom stereocenters.